The summed E-state index contributed by atoms with van der Waals surface area (Å²) in [5, 5.41) is 6.70. The molecule has 100 valence electrons. The second-order valence-electron chi connectivity index (χ2n) is 4.30. The van der Waals surface area contributed by atoms with E-state index in [-0.39, 0.29) is 17.2 Å². The molecule has 0 radical (unpaired) electrons. The smallest absolute Gasteiger partial charge is 0.248 e. The summed E-state index contributed by atoms with van der Waals surface area (Å²) < 4.78 is 13.4. The lowest BCUT2D eigenvalue weighted by atomic mass is 10.0. The molecule has 0 saturated heterocycles. The number of benzene rings is 1. The zero-order valence-corrected chi connectivity index (χ0v) is 10.4. The van der Waals surface area contributed by atoms with E-state index in [2.05, 4.69) is 15.2 Å². The molecule has 0 unspecified atom stereocenters. The van der Waals surface area contributed by atoms with E-state index in [1.807, 2.05) is 0 Å². The van der Waals surface area contributed by atoms with Crippen LogP contribution in [0, 0.1) is 5.82 Å². The number of H-pyrrole nitrogens is 2. The molecule has 5 nitrogen and oxygen atoms in total. The van der Waals surface area contributed by atoms with Crippen molar-refractivity contribution in [2.75, 3.05) is 5.73 Å². The van der Waals surface area contributed by atoms with Crippen LogP contribution in [0.4, 0.5) is 10.2 Å². The predicted molar refractivity (Wildman–Crippen MR) is 74.5 cm³/mol. The number of hydrogen-bond donors (Lipinski definition) is 3. The normalized spacial score (nSPS) is 10.7. The second kappa shape index (κ2) is 4.65. The fourth-order valence-electron chi connectivity index (χ4n) is 2.08. The van der Waals surface area contributed by atoms with Gasteiger partial charge in [0, 0.05) is 6.07 Å². The minimum absolute atomic E-state index is 0.235. The number of aromatic amines is 2. The van der Waals surface area contributed by atoms with Gasteiger partial charge in [0.1, 0.15) is 5.82 Å². The number of anilines is 1. The number of hydrogen-bond acceptors (Lipinski definition) is 3. The van der Waals surface area contributed by atoms with Crippen LogP contribution < -0.4 is 11.3 Å². The largest absolute Gasteiger partial charge is 0.382 e. The molecule has 0 bridgehead atoms. The summed E-state index contributed by atoms with van der Waals surface area (Å²) in [6, 6.07) is 10.8. The number of rotatable bonds is 2. The molecule has 0 aliphatic rings. The van der Waals surface area contributed by atoms with Gasteiger partial charge in [-0.25, -0.2) is 4.39 Å². The molecule has 0 atom stereocenters. The number of halogens is 1. The standard InChI is InChI=1S/C14H11FN4O/c15-9-4-1-3-8(7-9)12-13(18-19-14(12)16)10-5-2-6-11(20)17-10/h1-7H,(H,17,20)(H3,16,18,19). The highest BCUT2D eigenvalue weighted by Crippen LogP contribution is 2.33. The Kier molecular flexibility index (Phi) is 2.83. The summed E-state index contributed by atoms with van der Waals surface area (Å²) in [6.45, 7) is 0. The van der Waals surface area contributed by atoms with Crippen LogP contribution in [-0.2, 0) is 0 Å². The highest BCUT2D eigenvalue weighted by atomic mass is 19.1. The van der Waals surface area contributed by atoms with Gasteiger partial charge >= 0.3 is 0 Å². The first-order valence-corrected chi connectivity index (χ1v) is 5.94. The van der Waals surface area contributed by atoms with Gasteiger partial charge in [-0.3, -0.25) is 9.89 Å². The third-order valence-electron chi connectivity index (χ3n) is 2.95. The van der Waals surface area contributed by atoms with Crippen LogP contribution in [0.2, 0.25) is 0 Å². The SMILES string of the molecule is Nc1n[nH]c(-c2cccc(=O)[nH]2)c1-c1cccc(F)c1. The van der Waals surface area contributed by atoms with Crippen LogP contribution in [0.25, 0.3) is 22.5 Å². The summed E-state index contributed by atoms with van der Waals surface area (Å²) in [6.07, 6.45) is 0. The van der Waals surface area contributed by atoms with E-state index < -0.39 is 0 Å². The molecule has 0 aliphatic heterocycles. The summed E-state index contributed by atoms with van der Waals surface area (Å²) in [4.78, 5) is 14.1. The first-order valence-electron chi connectivity index (χ1n) is 5.94. The van der Waals surface area contributed by atoms with Gasteiger partial charge < -0.3 is 10.7 Å². The molecule has 1 aromatic carbocycles. The quantitative estimate of drug-likeness (QED) is 0.666. The molecular formula is C14H11FN4O. The van der Waals surface area contributed by atoms with E-state index >= 15 is 0 Å². The minimum atomic E-state index is -0.365. The van der Waals surface area contributed by atoms with Gasteiger partial charge in [0.05, 0.1) is 17.0 Å². The summed E-state index contributed by atoms with van der Waals surface area (Å²) in [5.74, 6) is -0.120. The van der Waals surface area contributed by atoms with Crippen LogP contribution in [0.5, 0.6) is 0 Å². The van der Waals surface area contributed by atoms with Gasteiger partial charge in [0.2, 0.25) is 5.56 Å². The van der Waals surface area contributed by atoms with Crippen molar-refractivity contribution in [3.8, 4) is 22.5 Å². The summed E-state index contributed by atoms with van der Waals surface area (Å²) >= 11 is 0. The molecule has 0 spiro atoms. The van der Waals surface area contributed by atoms with Crippen molar-refractivity contribution in [2.24, 2.45) is 0 Å². The zero-order chi connectivity index (χ0) is 14.1. The van der Waals surface area contributed by atoms with Crippen molar-refractivity contribution >= 4 is 5.82 Å². The Morgan fingerprint density at radius 3 is 2.70 bits per heavy atom. The Hall–Kier alpha value is -2.89. The van der Waals surface area contributed by atoms with Crippen LogP contribution >= 0.6 is 0 Å². The monoisotopic (exact) mass is 270 g/mol. The van der Waals surface area contributed by atoms with Crippen molar-refractivity contribution in [2.45, 2.75) is 0 Å². The first kappa shape index (κ1) is 12.2. The minimum Gasteiger partial charge on any atom is -0.382 e. The van der Waals surface area contributed by atoms with E-state index in [4.69, 9.17) is 5.73 Å². The Balaban J connectivity index is 2.22. The first-order chi connectivity index (χ1) is 9.65. The van der Waals surface area contributed by atoms with Gasteiger partial charge in [-0.15, -0.1) is 0 Å². The van der Waals surface area contributed by atoms with Gasteiger partial charge in [-0.05, 0) is 23.8 Å². The molecule has 0 aliphatic carbocycles. The highest BCUT2D eigenvalue weighted by molar-refractivity contribution is 5.86. The van der Waals surface area contributed by atoms with E-state index in [0.29, 0.717) is 22.5 Å². The van der Waals surface area contributed by atoms with E-state index in [0.717, 1.165) is 0 Å². The fraction of sp³-hybridized carbons (Fsp3) is 0. The maximum Gasteiger partial charge on any atom is 0.248 e. The molecule has 0 amide bonds. The van der Waals surface area contributed by atoms with Gasteiger partial charge in [-0.1, -0.05) is 18.2 Å². The summed E-state index contributed by atoms with van der Waals surface area (Å²) in [7, 11) is 0. The molecule has 2 heterocycles. The average molecular weight is 270 g/mol. The number of nitrogens with one attached hydrogen (secondary N) is 2. The topological polar surface area (TPSA) is 87.6 Å². The van der Waals surface area contributed by atoms with Crippen LogP contribution in [0.15, 0.2) is 47.3 Å². The zero-order valence-electron chi connectivity index (χ0n) is 10.4. The number of nitrogen functional groups attached to an aromatic ring is 1. The van der Waals surface area contributed by atoms with Crippen molar-refractivity contribution in [1.29, 1.82) is 0 Å². The van der Waals surface area contributed by atoms with Gasteiger partial charge in [-0.2, -0.15) is 5.10 Å². The average Bonchev–Trinajstić information content (AvgIpc) is 2.80. The van der Waals surface area contributed by atoms with Gasteiger partial charge in [0.25, 0.3) is 0 Å². The Labute approximate surface area is 113 Å². The van der Waals surface area contributed by atoms with Gasteiger partial charge in [0.15, 0.2) is 5.82 Å². The molecule has 3 rings (SSSR count). The molecule has 0 saturated carbocycles. The predicted octanol–water partition coefficient (Wildman–Crippen LogP) is 2.15. The molecular weight excluding hydrogens is 259 g/mol. The Morgan fingerprint density at radius 1 is 1.15 bits per heavy atom. The molecule has 20 heavy (non-hydrogen) atoms. The lowest BCUT2D eigenvalue weighted by Gasteiger charge is -2.04. The highest BCUT2D eigenvalue weighted by Gasteiger charge is 2.15. The van der Waals surface area contributed by atoms with Crippen LogP contribution in [-0.4, -0.2) is 15.2 Å². The third kappa shape index (κ3) is 2.07. The van der Waals surface area contributed by atoms with Crippen molar-refractivity contribution in [3.63, 3.8) is 0 Å². The summed E-state index contributed by atoms with van der Waals surface area (Å²) in [5.41, 5.74) is 7.85. The number of aromatic nitrogens is 3. The molecule has 0 fully saturated rings. The van der Waals surface area contributed by atoms with Crippen molar-refractivity contribution < 1.29 is 4.39 Å². The molecule has 6 heteroatoms. The lowest BCUT2D eigenvalue weighted by molar-refractivity contribution is 0.628. The number of nitrogens with two attached hydrogens (primary N) is 1. The number of nitrogens with zero attached hydrogens (tertiary/aromatic N) is 1. The fourth-order valence-corrected chi connectivity index (χ4v) is 2.08. The number of pyridine rings is 1. The van der Waals surface area contributed by atoms with Crippen LogP contribution in [0.1, 0.15) is 0 Å². The molecule has 2 aromatic heterocycles. The van der Waals surface area contributed by atoms with Crippen molar-refractivity contribution in [1.82, 2.24) is 15.2 Å². The van der Waals surface area contributed by atoms with E-state index in [1.165, 1.54) is 18.2 Å². The second-order valence-corrected chi connectivity index (χ2v) is 4.30. The third-order valence-corrected chi connectivity index (χ3v) is 2.95. The van der Waals surface area contributed by atoms with E-state index in [9.17, 15) is 9.18 Å². The Bertz CT molecular complexity index is 822. The molecule has 4 N–H and O–H groups in total. The van der Waals surface area contributed by atoms with Crippen LogP contribution in [0.3, 0.4) is 0 Å². The van der Waals surface area contributed by atoms with Crippen molar-refractivity contribution in [3.05, 3.63) is 58.6 Å². The maximum absolute atomic E-state index is 13.4. The maximum atomic E-state index is 13.4. The van der Waals surface area contributed by atoms with E-state index in [1.54, 1.807) is 24.3 Å². The molecule has 3 aromatic rings. The lowest BCUT2D eigenvalue weighted by Crippen LogP contribution is -2.04. The Morgan fingerprint density at radius 2 is 1.95 bits per heavy atom.